The number of nitrogens with two attached hydrogens (primary N) is 1. The van der Waals surface area contributed by atoms with Gasteiger partial charge < -0.3 is 4.74 Å². The number of carbonyl (C=O) groups excluding carboxylic acids is 1. The van der Waals surface area contributed by atoms with E-state index in [4.69, 9.17) is 9.88 Å². The van der Waals surface area contributed by atoms with Crippen LogP contribution in [0.4, 0.5) is 8.78 Å². The Morgan fingerprint density at radius 3 is 2.50 bits per heavy atom. The first kappa shape index (κ1) is 16.5. The number of sulfonamides is 1. The van der Waals surface area contributed by atoms with Crippen molar-refractivity contribution in [3.8, 4) is 0 Å². The highest BCUT2D eigenvalue weighted by Crippen LogP contribution is 2.20. The van der Waals surface area contributed by atoms with Crippen molar-refractivity contribution in [1.82, 2.24) is 0 Å². The summed E-state index contributed by atoms with van der Waals surface area (Å²) in [4.78, 5) is 10.6. The van der Waals surface area contributed by atoms with Gasteiger partial charge >= 0.3 is 5.97 Å². The second kappa shape index (κ2) is 6.27. The zero-order valence-corrected chi connectivity index (χ0v) is 11.8. The summed E-state index contributed by atoms with van der Waals surface area (Å²) in [6.07, 6.45) is 0.792. The monoisotopic (exact) mass is 307 g/mol. The number of hydrogen-bond donors (Lipinski definition) is 1. The van der Waals surface area contributed by atoms with E-state index in [0.717, 1.165) is 6.42 Å². The Labute approximate surface area is 115 Å². The molecule has 0 saturated heterocycles. The molecular formula is C12H15F2NO4S. The molecular weight excluding hydrogens is 292 g/mol. The minimum atomic E-state index is -4.47. The van der Waals surface area contributed by atoms with E-state index in [1.165, 1.54) is 0 Å². The van der Waals surface area contributed by atoms with Gasteiger partial charge in [-0.25, -0.2) is 27.1 Å². The lowest BCUT2D eigenvalue weighted by Gasteiger charge is -2.13. The highest BCUT2D eigenvalue weighted by molar-refractivity contribution is 7.89. The maximum atomic E-state index is 13.9. The largest absolute Gasteiger partial charge is 0.459 e. The highest BCUT2D eigenvalue weighted by atomic mass is 32.2. The lowest BCUT2D eigenvalue weighted by Crippen LogP contribution is -2.20. The summed E-state index contributed by atoms with van der Waals surface area (Å²) >= 11 is 0. The third-order valence-electron chi connectivity index (χ3n) is 2.53. The molecule has 0 aliphatic rings. The van der Waals surface area contributed by atoms with Crippen molar-refractivity contribution < 1.29 is 26.7 Å². The van der Waals surface area contributed by atoms with Gasteiger partial charge in [0.05, 0.1) is 11.7 Å². The summed E-state index contributed by atoms with van der Waals surface area (Å²) in [5.74, 6) is -3.64. The molecule has 2 N–H and O–H groups in total. The fourth-order valence-electron chi connectivity index (χ4n) is 1.63. The van der Waals surface area contributed by atoms with Gasteiger partial charge in [0.2, 0.25) is 10.0 Å². The fraction of sp³-hybridized carbons (Fsp3) is 0.417. The van der Waals surface area contributed by atoms with Gasteiger partial charge in [-0.05, 0) is 25.5 Å². The molecule has 20 heavy (non-hydrogen) atoms. The topological polar surface area (TPSA) is 86.5 Å². The third-order valence-corrected chi connectivity index (χ3v) is 3.44. The molecule has 0 radical (unpaired) electrons. The number of hydrogen-bond acceptors (Lipinski definition) is 4. The summed E-state index contributed by atoms with van der Waals surface area (Å²) < 4.78 is 54.3. The van der Waals surface area contributed by atoms with E-state index in [1.54, 1.807) is 6.92 Å². The van der Waals surface area contributed by atoms with E-state index in [9.17, 15) is 22.0 Å². The molecule has 1 unspecified atom stereocenters. The average Bonchev–Trinajstić information content (AvgIpc) is 2.30. The number of esters is 1. The number of ether oxygens (including phenoxy) is 1. The van der Waals surface area contributed by atoms with Crippen LogP contribution in [0.25, 0.3) is 0 Å². The second-order valence-electron chi connectivity index (χ2n) is 4.32. The summed E-state index contributed by atoms with van der Waals surface area (Å²) in [7, 11) is -4.47. The summed E-state index contributed by atoms with van der Waals surface area (Å²) in [6, 6.07) is 0.988. The van der Waals surface area contributed by atoms with Gasteiger partial charge in [-0.1, -0.05) is 13.3 Å². The molecule has 0 heterocycles. The Balaban J connectivity index is 3.19. The second-order valence-corrected chi connectivity index (χ2v) is 5.84. The van der Waals surface area contributed by atoms with Crippen LogP contribution in [0.3, 0.4) is 0 Å². The average molecular weight is 307 g/mol. The zero-order valence-electron chi connectivity index (χ0n) is 11.0. The fourth-order valence-corrected chi connectivity index (χ4v) is 2.27. The molecule has 0 saturated carbocycles. The van der Waals surface area contributed by atoms with Crippen LogP contribution < -0.4 is 5.14 Å². The van der Waals surface area contributed by atoms with Crippen LogP contribution in [-0.4, -0.2) is 20.5 Å². The lowest BCUT2D eigenvalue weighted by molar-refractivity contribution is 0.0317. The molecule has 1 aromatic carbocycles. The van der Waals surface area contributed by atoms with Crippen molar-refractivity contribution in [3.05, 3.63) is 29.3 Å². The minimum Gasteiger partial charge on any atom is -0.459 e. The number of primary sulfonamides is 1. The first-order chi connectivity index (χ1) is 9.16. The molecule has 0 aliphatic carbocycles. The smallest absolute Gasteiger partial charge is 0.341 e. The predicted molar refractivity (Wildman–Crippen MR) is 67.5 cm³/mol. The Morgan fingerprint density at radius 1 is 1.40 bits per heavy atom. The van der Waals surface area contributed by atoms with E-state index < -0.39 is 44.2 Å². The lowest BCUT2D eigenvalue weighted by atomic mass is 10.2. The zero-order chi connectivity index (χ0) is 15.5. The Hall–Kier alpha value is -1.54. The molecule has 1 rings (SSSR count). The first-order valence-electron chi connectivity index (χ1n) is 5.89. The van der Waals surface area contributed by atoms with Gasteiger partial charge in [0, 0.05) is 0 Å². The third kappa shape index (κ3) is 3.97. The van der Waals surface area contributed by atoms with Crippen molar-refractivity contribution in [1.29, 1.82) is 0 Å². The van der Waals surface area contributed by atoms with E-state index in [2.05, 4.69) is 0 Å². The van der Waals surface area contributed by atoms with E-state index in [-0.39, 0.29) is 0 Å². The molecule has 1 atom stereocenters. The summed E-state index contributed by atoms with van der Waals surface area (Å²) in [5, 5.41) is 4.76. The van der Waals surface area contributed by atoms with Crippen LogP contribution in [0.2, 0.25) is 0 Å². The molecule has 5 nitrogen and oxygen atoms in total. The number of rotatable bonds is 5. The molecule has 0 aliphatic heterocycles. The van der Waals surface area contributed by atoms with E-state index >= 15 is 0 Å². The van der Waals surface area contributed by atoms with Gasteiger partial charge in [-0.15, -0.1) is 0 Å². The van der Waals surface area contributed by atoms with Crippen molar-refractivity contribution in [2.24, 2.45) is 5.14 Å². The molecule has 0 spiro atoms. The van der Waals surface area contributed by atoms with Crippen molar-refractivity contribution in [3.63, 3.8) is 0 Å². The Morgan fingerprint density at radius 2 is 2.00 bits per heavy atom. The first-order valence-corrected chi connectivity index (χ1v) is 7.44. The van der Waals surface area contributed by atoms with Crippen molar-refractivity contribution >= 4 is 16.0 Å². The van der Waals surface area contributed by atoms with Crippen molar-refractivity contribution in [2.45, 2.75) is 37.7 Å². The van der Waals surface area contributed by atoms with E-state index in [0.29, 0.717) is 18.6 Å². The van der Waals surface area contributed by atoms with Crippen LogP contribution in [0.15, 0.2) is 17.0 Å². The number of halogens is 2. The Kier molecular flexibility index (Phi) is 5.18. The standard InChI is InChI=1S/C12H15F2NO4S/c1-3-4-7(2)19-12(16)9-5-8(13)6-10(11(9)14)20(15,17)18/h5-7H,3-4H2,1-2H3,(H2,15,17,18). The van der Waals surface area contributed by atoms with Gasteiger partial charge in [0.15, 0.2) is 5.82 Å². The van der Waals surface area contributed by atoms with Gasteiger partial charge in [-0.3, -0.25) is 0 Å². The van der Waals surface area contributed by atoms with Gasteiger partial charge in [0.25, 0.3) is 0 Å². The van der Waals surface area contributed by atoms with Gasteiger partial charge in [-0.2, -0.15) is 0 Å². The van der Waals surface area contributed by atoms with E-state index in [1.807, 2.05) is 6.92 Å². The predicted octanol–water partition coefficient (Wildman–Crippen LogP) is 1.96. The summed E-state index contributed by atoms with van der Waals surface area (Å²) in [5.41, 5.74) is -0.794. The van der Waals surface area contributed by atoms with Crippen LogP contribution in [0, 0.1) is 11.6 Å². The normalized spacial score (nSPS) is 13.1. The molecule has 0 aromatic heterocycles. The molecule has 0 amide bonds. The van der Waals surface area contributed by atoms with Crippen LogP contribution >= 0.6 is 0 Å². The molecule has 1 aromatic rings. The molecule has 112 valence electrons. The molecule has 0 fully saturated rings. The SMILES string of the molecule is CCCC(C)OC(=O)c1cc(F)cc(S(N)(=O)=O)c1F. The van der Waals surface area contributed by atoms with Crippen LogP contribution in [0.1, 0.15) is 37.0 Å². The summed E-state index contributed by atoms with van der Waals surface area (Å²) in [6.45, 7) is 3.46. The maximum absolute atomic E-state index is 13.9. The quantitative estimate of drug-likeness (QED) is 0.842. The number of carbonyl (C=O) groups is 1. The van der Waals surface area contributed by atoms with Crippen LogP contribution in [0.5, 0.6) is 0 Å². The van der Waals surface area contributed by atoms with Crippen LogP contribution in [-0.2, 0) is 14.8 Å². The van der Waals surface area contributed by atoms with Gasteiger partial charge in [0.1, 0.15) is 10.7 Å². The van der Waals surface area contributed by atoms with Crippen molar-refractivity contribution in [2.75, 3.05) is 0 Å². The highest BCUT2D eigenvalue weighted by Gasteiger charge is 2.25. The molecule has 8 heteroatoms. The number of benzene rings is 1. The Bertz CT molecular complexity index is 616. The maximum Gasteiger partial charge on any atom is 0.341 e. The minimum absolute atomic E-state index is 0.414. The molecule has 0 bridgehead atoms.